The molecule has 1 saturated heterocycles. The molecule has 2 unspecified atom stereocenters. The third-order valence-corrected chi connectivity index (χ3v) is 5.19. The first-order chi connectivity index (χ1) is 13.7. The molecule has 1 heterocycles. The molecule has 2 aliphatic rings. The van der Waals surface area contributed by atoms with Crippen LogP contribution in [0.4, 0.5) is 13.2 Å². The maximum Gasteiger partial charge on any atom is 0.573 e. The molecule has 2 atom stereocenters. The number of rotatable bonds is 6. The molecule has 1 aromatic carbocycles. The van der Waals surface area contributed by atoms with E-state index in [2.05, 4.69) is 20.4 Å². The average Bonchev–Trinajstić information content (AvgIpc) is 3.40. The van der Waals surface area contributed by atoms with Gasteiger partial charge in [-0.15, -0.1) is 37.1 Å². The largest absolute Gasteiger partial charge is 0.573 e. The van der Waals surface area contributed by atoms with Crippen molar-refractivity contribution in [3.8, 4) is 5.75 Å². The van der Waals surface area contributed by atoms with Gasteiger partial charge in [0.1, 0.15) is 5.75 Å². The number of ether oxygens (including phenoxy) is 1. The minimum absolute atomic E-state index is 0. The van der Waals surface area contributed by atoms with Crippen LogP contribution in [0.5, 0.6) is 5.75 Å². The molecule has 0 radical (unpaired) electrons. The molecule has 1 aromatic rings. The summed E-state index contributed by atoms with van der Waals surface area (Å²) in [6, 6.07) is 6.45. The van der Waals surface area contributed by atoms with Crippen LogP contribution in [0.3, 0.4) is 0 Å². The van der Waals surface area contributed by atoms with E-state index in [1.165, 1.54) is 12.1 Å². The van der Waals surface area contributed by atoms with Crippen LogP contribution in [-0.2, 0) is 4.79 Å². The molecule has 0 spiro atoms. The number of nitrogens with two attached hydrogens (primary N) is 1. The molecule has 30 heavy (non-hydrogen) atoms. The molecule has 1 amide bonds. The second-order valence-electron chi connectivity index (χ2n) is 7.41. The van der Waals surface area contributed by atoms with Gasteiger partial charge in [-0.05, 0) is 30.9 Å². The summed E-state index contributed by atoms with van der Waals surface area (Å²) in [4.78, 5) is 17.3. The molecule has 0 aromatic heterocycles. The molecular weight excluding hydrogens is 514 g/mol. The van der Waals surface area contributed by atoms with Gasteiger partial charge in [0.25, 0.3) is 0 Å². The molecule has 4 N–H and O–H groups in total. The minimum atomic E-state index is -4.71. The van der Waals surface area contributed by atoms with Crippen LogP contribution in [0.1, 0.15) is 30.7 Å². The van der Waals surface area contributed by atoms with Crippen LogP contribution >= 0.6 is 24.0 Å². The standard InChI is InChI=1S/C19H26F3N5O2.HI/c1-24-18(25-12-6-8-27(9-7-12)11-17(23)28)26-15-10-14(15)13-4-2-3-5-16(13)29-19(20,21)22;/h2-5,12,14-15H,6-11H2,1H3,(H2,23,28)(H2,24,25,26);1H. The van der Waals surface area contributed by atoms with E-state index in [0.717, 1.165) is 25.9 Å². The number of nitrogens with zero attached hydrogens (tertiary/aromatic N) is 2. The molecule has 7 nitrogen and oxygen atoms in total. The van der Waals surface area contributed by atoms with Gasteiger partial charge in [-0.25, -0.2) is 0 Å². The SMILES string of the molecule is CN=C(NC1CCN(CC(N)=O)CC1)NC1CC1c1ccccc1OC(F)(F)F.I. The highest BCUT2D eigenvalue weighted by atomic mass is 127. The number of guanidine groups is 1. The van der Waals surface area contributed by atoms with Crippen molar-refractivity contribution in [2.24, 2.45) is 10.7 Å². The predicted molar refractivity (Wildman–Crippen MR) is 118 cm³/mol. The van der Waals surface area contributed by atoms with Gasteiger partial charge < -0.3 is 21.1 Å². The lowest BCUT2D eigenvalue weighted by Crippen LogP contribution is -2.50. The Balaban J connectivity index is 0.00000320. The van der Waals surface area contributed by atoms with Crippen LogP contribution < -0.4 is 21.1 Å². The van der Waals surface area contributed by atoms with Crippen molar-refractivity contribution < 1.29 is 22.7 Å². The number of amides is 1. The number of halogens is 4. The molecule has 2 fully saturated rings. The molecule has 1 saturated carbocycles. The van der Waals surface area contributed by atoms with Gasteiger partial charge in [-0.2, -0.15) is 0 Å². The molecule has 0 bridgehead atoms. The van der Waals surface area contributed by atoms with E-state index >= 15 is 0 Å². The monoisotopic (exact) mass is 541 g/mol. The lowest BCUT2D eigenvalue weighted by Gasteiger charge is -2.32. The highest BCUT2D eigenvalue weighted by Gasteiger charge is 2.42. The number of piperidine rings is 1. The number of carbonyl (C=O) groups is 1. The summed E-state index contributed by atoms with van der Waals surface area (Å²) in [6.45, 7) is 1.81. The lowest BCUT2D eigenvalue weighted by molar-refractivity contribution is -0.274. The Kier molecular flexibility index (Phi) is 8.59. The summed E-state index contributed by atoms with van der Waals surface area (Å²) in [5.41, 5.74) is 5.77. The van der Waals surface area contributed by atoms with E-state index < -0.39 is 6.36 Å². The third-order valence-electron chi connectivity index (χ3n) is 5.19. The molecule has 1 aliphatic heterocycles. The quantitative estimate of drug-likeness (QED) is 0.292. The van der Waals surface area contributed by atoms with Crippen molar-refractivity contribution in [3.05, 3.63) is 29.8 Å². The van der Waals surface area contributed by atoms with Crippen LogP contribution in [0, 0.1) is 0 Å². The summed E-state index contributed by atoms with van der Waals surface area (Å²) in [6.07, 6.45) is -2.31. The van der Waals surface area contributed by atoms with Gasteiger partial charge in [-0.1, -0.05) is 18.2 Å². The van der Waals surface area contributed by atoms with E-state index in [1.54, 1.807) is 19.2 Å². The highest BCUT2D eigenvalue weighted by Crippen LogP contribution is 2.45. The summed E-state index contributed by atoms with van der Waals surface area (Å²) in [7, 11) is 1.66. The maximum atomic E-state index is 12.6. The predicted octanol–water partition coefficient (Wildman–Crippen LogP) is 2.17. The fraction of sp³-hybridized carbons (Fsp3) is 0.579. The molecule has 3 rings (SSSR count). The molecular formula is C19H27F3IN5O2. The zero-order valence-corrected chi connectivity index (χ0v) is 18.9. The molecule has 1 aliphatic carbocycles. The minimum Gasteiger partial charge on any atom is -0.405 e. The van der Waals surface area contributed by atoms with Crippen LogP contribution in [0.15, 0.2) is 29.3 Å². The Labute approximate surface area is 190 Å². The van der Waals surface area contributed by atoms with Crippen LogP contribution in [-0.4, -0.2) is 61.9 Å². The number of nitrogens with one attached hydrogen (secondary N) is 2. The Morgan fingerprint density at radius 3 is 2.53 bits per heavy atom. The van der Waals surface area contributed by atoms with Crippen molar-refractivity contribution in [3.63, 3.8) is 0 Å². The number of para-hydroxylation sites is 1. The highest BCUT2D eigenvalue weighted by molar-refractivity contribution is 14.0. The van der Waals surface area contributed by atoms with E-state index in [0.29, 0.717) is 17.9 Å². The summed E-state index contributed by atoms with van der Waals surface area (Å²) in [5.74, 6) is 0.0760. The number of hydrogen-bond donors (Lipinski definition) is 3. The van der Waals surface area contributed by atoms with Gasteiger partial charge in [0.15, 0.2) is 5.96 Å². The van der Waals surface area contributed by atoms with Crippen LogP contribution in [0.25, 0.3) is 0 Å². The van der Waals surface area contributed by atoms with Gasteiger partial charge >= 0.3 is 6.36 Å². The number of benzene rings is 1. The summed E-state index contributed by atoms with van der Waals surface area (Å²) in [5, 5.41) is 6.64. The topological polar surface area (TPSA) is 92.0 Å². The number of alkyl halides is 3. The fourth-order valence-electron chi connectivity index (χ4n) is 3.70. The second-order valence-corrected chi connectivity index (χ2v) is 7.41. The zero-order chi connectivity index (χ0) is 21.0. The molecule has 168 valence electrons. The third kappa shape index (κ3) is 7.18. The molecule has 11 heteroatoms. The first-order valence-electron chi connectivity index (χ1n) is 9.60. The number of hydrogen-bond acceptors (Lipinski definition) is 4. The summed E-state index contributed by atoms with van der Waals surface area (Å²) >= 11 is 0. The van der Waals surface area contributed by atoms with E-state index in [9.17, 15) is 18.0 Å². The van der Waals surface area contributed by atoms with E-state index in [1.807, 2.05) is 4.90 Å². The normalized spacial score (nSPS) is 22.7. The number of primary amides is 1. The maximum absolute atomic E-state index is 12.6. The first-order valence-corrected chi connectivity index (χ1v) is 9.60. The Morgan fingerprint density at radius 1 is 1.27 bits per heavy atom. The van der Waals surface area contributed by atoms with Crippen molar-refractivity contribution in [1.82, 2.24) is 15.5 Å². The zero-order valence-electron chi connectivity index (χ0n) is 16.6. The number of carbonyl (C=O) groups excluding carboxylic acids is 1. The smallest absolute Gasteiger partial charge is 0.405 e. The Morgan fingerprint density at radius 2 is 1.93 bits per heavy atom. The Bertz CT molecular complexity index is 754. The fourth-order valence-corrected chi connectivity index (χ4v) is 3.70. The number of aliphatic imine (C=N–C) groups is 1. The van der Waals surface area contributed by atoms with Crippen molar-refractivity contribution in [2.45, 2.75) is 43.6 Å². The van der Waals surface area contributed by atoms with Gasteiger partial charge in [0.2, 0.25) is 5.91 Å². The van der Waals surface area contributed by atoms with Gasteiger partial charge in [0, 0.05) is 38.1 Å². The summed E-state index contributed by atoms with van der Waals surface area (Å²) < 4.78 is 42.0. The second kappa shape index (κ2) is 10.5. The van der Waals surface area contributed by atoms with E-state index in [-0.39, 0.29) is 60.2 Å². The van der Waals surface area contributed by atoms with Crippen LogP contribution in [0.2, 0.25) is 0 Å². The van der Waals surface area contributed by atoms with Gasteiger partial charge in [0.05, 0.1) is 6.54 Å². The first kappa shape index (κ1) is 24.5. The number of likely N-dealkylation sites (tertiary alicyclic amines) is 1. The van der Waals surface area contributed by atoms with Gasteiger partial charge in [-0.3, -0.25) is 14.7 Å². The van der Waals surface area contributed by atoms with Crippen molar-refractivity contribution in [1.29, 1.82) is 0 Å². The van der Waals surface area contributed by atoms with E-state index in [4.69, 9.17) is 5.73 Å². The van der Waals surface area contributed by atoms with Crippen molar-refractivity contribution >= 4 is 35.8 Å². The average molecular weight is 541 g/mol. The lowest BCUT2D eigenvalue weighted by atomic mass is 10.1. The van der Waals surface area contributed by atoms with Crippen molar-refractivity contribution in [2.75, 3.05) is 26.7 Å². The Hall–Kier alpha value is -1.76.